The lowest BCUT2D eigenvalue weighted by Gasteiger charge is -2.25. The van der Waals surface area contributed by atoms with Crippen molar-refractivity contribution in [3.63, 3.8) is 0 Å². The van der Waals surface area contributed by atoms with E-state index < -0.39 is 11.7 Å². The summed E-state index contributed by atoms with van der Waals surface area (Å²) >= 11 is 0. The van der Waals surface area contributed by atoms with E-state index in [0.717, 1.165) is 11.3 Å². The van der Waals surface area contributed by atoms with Crippen LogP contribution in [-0.2, 0) is 4.74 Å². The molecule has 5 nitrogen and oxygen atoms in total. The summed E-state index contributed by atoms with van der Waals surface area (Å²) in [5.41, 5.74) is 6.89. The van der Waals surface area contributed by atoms with Crippen LogP contribution >= 0.6 is 0 Å². The van der Waals surface area contributed by atoms with Crippen molar-refractivity contribution in [3.8, 4) is 0 Å². The highest BCUT2D eigenvalue weighted by Gasteiger charge is 2.20. The van der Waals surface area contributed by atoms with Crippen LogP contribution in [0.1, 0.15) is 32.3 Å². The highest BCUT2D eigenvalue weighted by Crippen LogP contribution is 2.27. The second-order valence-electron chi connectivity index (χ2n) is 6.41. The number of carbonyl (C=O) groups excluding carboxylic acids is 1. The monoisotopic (exact) mass is 311 g/mol. The van der Waals surface area contributed by atoms with Gasteiger partial charge in [-0.05, 0) is 44.5 Å². The maximum atomic E-state index is 13.6. The van der Waals surface area contributed by atoms with Crippen LogP contribution in [-0.4, -0.2) is 38.9 Å². The summed E-state index contributed by atoms with van der Waals surface area (Å²) in [6.07, 6.45) is -0.506. The molecule has 1 aromatic carbocycles. The molecule has 0 aliphatic carbocycles. The number of hydrogen-bond donors (Lipinski definition) is 2. The Labute approximate surface area is 131 Å². The van der Waals surface area contributed by atoms with E-state index >= 15 is 0 Å². The standard InChI is InChI=1S/C16H26FN3O2/c1-16(2,3)22-15(21)19-10-11(9-18)13-8-12(17)6-7-14(13)20(4)5/h6-8,11H,9-10,18H2,1-5H3,(H,19,21). The number of ether oxygens (including phenoxy) is 1. The number of nitrogens with two attached hydrogens (primary N) is 1. The minimum absolute atomic E-state index is 0.194. The quantitative estimate of drug-likeness (QED) is 0.876. The van der Waals surface area contributed by atoms with Gasteiger partial charge in [0, 0.05) is 38.8 Å². The molecule has 1 aromatic rings. The van der Waals surface area contributed by atoms with E-state index in [2.05, 4.69) is 5.32 Å². The molecule has 0 radical (unpaired) electrons. The van der Waals surface area contributed by atoms with Gasteiger partial charge in [0.05, 0.1) is 0 Å². The molecule has 0 aliphatic rings. The zero-order valence-corrected chi connectivity index (χ0v) is 13.9. The van der Waals surface area contributed by atoms with E-state index in [1.807, 2.05) is 19.0 Å². The molecule has 22 heavy (non-hydrogen) atoms. The zero-order valence-electron chi connectivity index (χ0n) is 13.9. The summed E-state index contributed by atoms with van der Waals surface area (Å²) in [4.78, 5) is 13.6. The van der Waals surface area contributed by atoms with Gasteiger partial charge in [-0.2, -0.15) is 0 Å². The van der Waals surface area contributed by atoms with Crippen LogP contribution in [0.3, 0.4) is 0 Å². The number of benzene rings is 1. The van der Waals surface area contributed by atoms with Crippen molar-refractivity contribution >= 4 is 11.8 Å². The molecule has 3 N–H and O–H groups in total. The smallest absolute Gasteiger partial charge is 0.407 e. The van der Waals surface area contributed by atoms with Gasteiger partial charge >= 0.3 is 6.09 Å². The van der Waals surface area contributed by atoms with Crippen molar-refractivity contribution in [1.29, 1.82) is 0 Å². The van der Waals surface area contributed by atoms with Crippen LogP contribution in [0.4, 0.5) is 14.9 Å². The molecule has 1 unspecified atom stereocenters. The lowest BCUT2D eigenvalue weighted by Crippen LogP contribution is -2.36. The molecule has 1 amide bonds. The lowest BCUT2D eigenvalue weighted by atomic mass is 9.96. The third kappa shape index (κ3) is 5.52. The minimum Gasteiger partial charge on any atom is -0.444 e. The highest BCUT2D eigenvalue weighted by molar-refractivity contribution is 5.68. The molecule has 1 rings (SSSR count). The van der Waals surface area contributed by atoms with Crippen molar-refractivity contribution in [2.24, 2.45) is 5.73 Å². The number of anilines is 1. The van der Waals surface area contributed by atoms with Crippen molar-refractivity contribution in [2.45, 2.75) is 32.3 Å². The number of amides is 1. The second-order valence-corrected chi connectivity index (χ2v) is 6.41. The summed E-state index contributed by atoms with van der Waals surface area (Å²) in [6, 6.07) is 4.58. The summed E-state index contributed by atoms with van der Waals surface area (Å²) in [7, 11) is 3.76. The summed E-state index contributed by atoms with van der Waals surface area (Å²) in [6.45, 7) is 5.97. The third-order valence-corrected chi connectivity index (χ3v) is 3.09. The van der Waals surface area contributed by atoms with Gasteiger partial charge in [0.2, 0.25) is 0 Å². The van der Waals surface area contributed by atoms with E-state index in [-0.39, 0.29) is 18.3 Å². The molecule has 124 valence electrons. The predicted octanol–water partition coefficient (Wildman–Crippen LogP) is 2.46. The molecule has 0 bridgehead atoms. The Balaban J connectivity index is 2.84. The normalized spacial score (nSPS) is 12.7. The van der Waals surface area contributed by atoms with Gasteiger partial charge in [-0.25, -0.2) is 9.18 Å². The largest absolute Gasteiger partial charge is 0.444 e. The van der Waals surface area contributed by atoms with E-state index in [1.165, 1.54) is 12.1 Å². The molecule has 0 spiro atoms. The Morgan fingerprint density at radius 2 is 2.05 bits per heavy atom. The Kier molecular flexibility index (Phi) is 6.17. The Bertz CT molecular complexity index is 513. The van der Waals surface area contributed by atoms with E-state index in [4.69, 9.17) is 10.5 Å². The molecule has 0 heterocycles. The molecule has 6 heteroatoms. The van der Waals surface area contributed by atoms with Crippen LogP contribution in [0.2, 0.25) is 0 Å². The maximum Gasteiger partial charge on any atom is 0.407 e. The van der Waals surface area contributed by atoms with Gasteiger partial charge in [0.25, 0.3) is 0 Å². The number of hydrogen-bond acceptors (Lipinski definition) is 4. The van der Waals surface area contributed by atoms with Gasteiger partial charge < -0.3 is 20.7 Å². The van der Waals surface area contributed by atoms with Crippen molar-refractivity contribution < 1.29 is 13.9 Å². The maximum absolute atomic E-state index is 13.6. The molecule has 0 saturated heterocycles. The van der Waals surface area contributed by atoms with E-state index in [9.17, 15) is 9.18 Å². The second kappa shape index (κ2) is 7.45. The average Bonchev–Trinajstić information content (AvgIpc) is 2.37. The van der Waals surface area contributed by atoms with Gasteiger partial charge in [-0.15, -0.1) is 0 Å². The topological polar surface area (TPSA) is 67.6 Å². The molecular weight excluding hydrogens is 285 g/mol. The van der Waals surface area contributed by atoms with Crippen LogP contribution in [0.25, 0.3) is 0 Å². The lowest BCUT2D eigenvalue weighted by molar-refractivity contribution is 0.0525. The minimum atomic E-state index is -0.560. The van der Waals surface area contributed by atoms with Crippen molar-refractivity contribution in [3.05, 3.63) is 29.6 Å². The number of nitrogens with zero attached hydrogens (tertiary/aromatic N) is 1. The van der Waals surface area contributed by atoms with Crippen LogP contribution < -0.4 is 16.0 Å². The van der Waals surface area contributed by atoms with Crippen molar-refractivity contribution in [1.82, 2.24) is 5.32 Å². The summed E-state index contributed by atoms with van der Waals surface area (Å²) in [5, 5.41) is 2.69. The first-order valence-electron chi connectivity index (χ1n) is 7.27. The first-order chi connectivity index (χ1) is 10.1. The Hall–Kier alpha value is -1.82. The fourth-order valence-corrected chi connectivity index (χ4v) is 2.10. The molecule has 1 atom stereocenters. The number of halogens is 1. The first-order valence-corrected chi connectivity index (χ1v) is 7.27. The van der Waals surface area contributed by atoms with Crippen molar-refractivity contribution in [2.75, 3.05) is 32.1 Å². The molecule has 0 saturated carbocycles. The van der Waals surface area contributed by atoms with Gasteiger partial charge in [-0.1, -0.05) is 0 Å². The Morgan fingerprint density at radius 3 is 2.55 bits per heavy atom. The van der Waals surface area contributed by atoms with Gasteiger partial charge in [-0.3, -0.25) is 0 Å². The van der Waals surface area contributed by atoms with Gasteiger partial charge in [0.1, 0.15) is 11.4 Å². The first kappa shape index (κ1) is 18.2. The third-order valence-electron chi connectivity index (χ3n) is 3.09. The molecular formula is C16H26FN3O2. The van der Waals surface area contributed by atoms with Crippen LogP contribution in [0, 0.1) is 5.82 Å². The fraction of sp³-hybridized carbons (Fsp3) is 0.562. The average molecular weight is 311 g/mol. The number of carbonyl (C=O) groups is 1. The number of rotatable bonds is 5. The number of nitrogens with one attached hydrogen (secondary N) is 1. The van der Waals surface area contributed by atoms with Gasteiger partial charge in [0.15, 0.2) is 0 Å². The number of alkyl carbamates (subject to hydrolysis) is 1. The predicted molar refractivity (Wildman–Crippen MR) is 86.8 cm³/mol. The molecule has 0 fully saturated rings. The Morgan fingerprint density at radius 1 is 1.41 bits per heavy atom. The van der Waals surface area contributed by atoms with E-state index in [0.29, 0.717) is 6.54 Å². The summed E-state index contributed by atoms with van der Waals surface area (Å²) in [5.74, 6) is -0.517. The molecule has 0 aliphatic heterocycles. The van der Waals surface area contributed by atoms with Crippen LogP contribution in [0.5, 0.6) is 0 Å². The summed E-state index contributed by atoms with van der Waals surface area (Å²) < 4.78 is 18.8. The van der Waals surface area contributed by atoms with Crippen LogP contribution in [0.15, 0.2) is 18.2 Å². The highest BCUT2D eigenvalue weighted by atomic mass is 19.1. The van der Waals surface area contributed by atoms with E-state index in [1.54, 1.807) is 26.8 Å². The fourth-order valence-electron chi connectivity index (χ4n) is 2.10. The SMILES string of the molecule is CN(C)c1ccc(F)cc1C(CN)CNC(=O)OC(C)(C)C. The zero-order chi connectivity index (χ0) is 16.9. The molecule has 0 aromatic heterocycles.